The zero-order valence-electron chi connectivity index (χ0n) is 16.8. The molecule has 2 aliphatic rings. The van der Waals surface area contributed by atoms with Crippen LogP contribution in [0.5, 0.6) is 0 Å². The lowest BCUT2D eigenvalue weighted by Gasteiger charge is -2.37. The summed E-state index contributed by atoms with van der Waals surface area (Å²) in [4.78, 5) is 10.5. The Balaban J connectivity index is 1.30. The summed E-state index contributed by atoms with van der Waals surface area (Å²) in [6, 6.07) is 9.04. The first-order valence-corrected chi connectivity index (χ1v) is 11.5. The summed E-state index contributed by atoms with van der Waals surface area (Å²) >= 11 is 0. The van der Waals surface area contributed by atoms with Crippen molar-refractivity contribution < 1.29 is 13.2 Å². The molecular formula is C21H28N4O3S. The van der Waals surface area contributed by atoms with Crippen LogP contribution in [0.3, 0.4) is 0 Å². The summed E-state index contributed by atoms with van der Waals surface area (Å²) in [6.07, 6.45) is 8.05. The van der Waals surface area contributed by atoms with Gasteiger partial charge >= 0.3 is 0 Å². The van der Waals surface area contributed by atoms with Crippen LogP contribution < -0.4 is 0 Å². The van der Waals surface area contributed by atoms with E-state index in [9.17, 15) is 8.42 Å². The molecule has 2 saturated heterocycles. The number of hydrogen-bond acceptors (Lipinski definition) is 6. The molecule has 1 atom stereocenters. The maximum Gasteiger partial charge on any atom is 0.260 e. The second kappa shape index (κ2) is 8.47. The second-order valence-electron chi connectivity index (χ2n) is 8.27. The van der Waals surface area contributed by atoms with E-state index in [2.05, 4.69) is 28.0 Å². The third kappa shape index (κ3) is 4.66. The minimum Gasteiger partial charge on any atom is -0.376 e. The Labute approximate surface area is 172 Å². The van der Waals surface area contributed by atoms with Gasteiger partial charge in [0.15, 0.2) is 5.03 Å². The number of piperidine rings is 1. The first kappa shape index (κ1) is 20.4. The van der Waals surface area contributed by atoms with Gasteiger partial charge < -0.3 is 4.74 Å². The largest absolute Gasteiger partial charge is 0.376 e. The lowest BCUT2D eigenvalue weighted by molar-refractivity contribution is 0.0618. The van der Waals surface area contributed by atoms with Gasteiger partial charge in [-0.2, -0.15) is 4.31 Å². The number of ether oxygens (including phenoxy) is 1. The maximum absolute atomic E-state index is 12.8. The summed E-state index contributed by atoms with van der Waals surface area (Å²) in [5, 5.41) is 0.133. The predicted octanol–water partition coefficient (Wildman–Crippen LogP) is 2.17. The van der Waals surface area contributed by atoms with Crippen LogP contribution in [0, 0.1) is 5.41 Å². The van der Waals surface area contributed by atoms with Crippen LogP contribution in [0.4, 0.5) is 0 Å². The molecule has 2 aliphatic heterocycles. The van der Waals surface area contributed by atoms with Crippen LogP contribution in [0.1, 0.15) is 24.8 Å². The SMILES string of the molecule is CN(Cc1cccnc1)CC1CC2(CCN(S(=O)(=O)c3ccccn3)CC2)CO1. The van der Waals surface area contributed by atoms with E-state index in [1.165, 1.54) is 11.8 Å². The quantitative estimate of drug-likeness (QED) is 0.718. The summed E-state index contributed by atoms with van der Waals surface area (Å²) in [5.41, 5.74) is 1.28. The van der Waals surface area contributed by atoms with E-state index in [0.29, 0.717) is 13.1 Å². The van der Waals surface area contributed by atoms with E-state index in [-0.39, 0.29) is 16.5 Å². The second-order valence-corrected chi connectivity index (χ2v) is 10.2. The Morgan fingerprint density at radius 3 is 2.72 bits per heavy atom. The molecule has 1 spiro atoms. The Hall–Kier alpha value is -1.87. The molecule has 156 valence electrons. The molecule has 0 amide bonds. The molecule has 0 aromatic carbocycles. The predicted molar refractivity (Wildman–Crippen MR) is 110 cm³/mol. The average molecular weight is 417 g/mol. The van der Waals surface area contributed by atoms with Gasteiger partial charge in [0, 0.05) is 44.8 Å². The first-order valence-electron chi connectivity index (χ1n) is 10.1. The molecule has 0 radical (unpaired) electrons. The number of likely N-dealkylation sites (N-methyl/N-ethyl adjacent to an activating group) is 1. The highest BCUT2D eigenvalue weighted by atomic mass is 32.2. The minimum absolute atomic E-state index is 0.0932. The van der Waals surface area contributed by atoms with Crippen molar-refractivity contribution >= 4 is 10.0 Å². The fourth-order valence-electron chi connectivity index (χ4n) is 4.41. The molecule has 29 heavy (non-hydrogen) atoms. The van der Waals surface area contributed by atoms with Crippen molar-refractivity contribution in [1.82, 2.24) is 19.2 Å². The molecule has 8 heteroatoms. The van der Waals surface area contributed by atoms with Crippen molar-refractivity contribution in [1.29, 1.82) is 0 Å². The number of nitrogens with zero attached hydrogens (tertiary/aromatic N) is 4. The van der Waals surface area contributed by atoms with Gasteiger partial charge in [0.05, 0.1) is 12.7 Å². The van der Waals surface area contributed by atoms with Gasteiger partial charge in [-0.15, -0.1) is 0 Å². The third-order valence-corrected chi connectivity index (χ3v) is 7.82. The van der Waals surface area contributed by atoms with Crippen molar-refractivity contribution in [3.05, 3.63) is 54.5 Å². The summed E-state index contributed by atoms with van der Waals surface area (Å²) in [5.74, 6) is 0. The monoisotopic (exact) mass is 416 g/mol. The van der Waals surface area contributed by atoms with Crippen molar-refractivity contribution in [3.63, 3.8) is 0 Å². The molecule has 2 fully saturated rings. The summed E-state index contributed by atoms with van der Waals surface area (Å²) < 4.78 is 33.3. The van der Waals surface area contributed by atoms with Gasteiger partial charge in [-0.3, -0.25) is 9.88 Å². The Bertz CT molecular complexity index is 900. The number of rotatable bonds is 6. The van der Waals surface area contributed by atoms with E-state index < -0.39 is 10.0 Å². The number of sulfonamides is 1. The molecule has 0 bridgehead atoms. The molecule has 1 unspecified atom stereocenters. The molecule has 2 aromatic rings. The van der Waals surface area contributed by atoms with E-state index in [1.807, 2.05) is 12.3 Å². The number of hydrogen-bond donors (Lipinski definition) is 0. The van der Waals surface area contributed by atoms with Crippen LogP contribution in [0.25, 0.3) is 0 Å². The Morgan fingerprint density at radius 2 is 2.03 bits per heavy atom. The van der Waals surface area contributed by atoms with E-state index in [4.69, 9.17) is 4.74 Å². The number of pyridine rings is 2. The molecule has 0 N–H and O–H groups in total. The number of aromatic nitrogens is 2. The fourth-order valence-corrected chi connectivity index (χ4v) is 5.78. The van der Waals surface area contributed by atoms with Gasteiger partial charge in [-0.25, -0.2) is 13.4 Å². The van der Waals surface area contributed by atoms with Gasteiger partial charge in [0.25, 0.3) is 10.0 Å². The molecule has 0 saturated carbocycles. The van der Waals surface area contributed by atoms with Crippen molar-refractivity contribution in [3.8, 4) is 0 Å². The van der Waals surface area contributed by atoms with Crippen LogP contribution in [0.2, 0.25) is 0 Å². The van der Waals surface area contributed by atoms with Crippen LogP contribution in [0.15, 0.2) is 53.9 Å². The summed E-state index contributed by atoms with van der Waals surface area (Å²) in [6.45, 7) is 3.49. The maximum atomic E-state index is 12.8. The highest BCUT2D eigenvalue weighted by molar-refractivity contribution is 7.89. The van der Waals surface area contributed by atoms with E-state index >= 15 is 0 Å². The van der Waals surface area contributed by atoms with E-state index in [1.54, 1.807) is 28.7 Å². The molecular weight excluding hydrogens is 388 g/mol. The zero-order chi connectivity index (χ0) is 20.3. The van der Waals surface area contributed by atoms with Gasteiger partial charge in [-0.1, -0.05) is 12.1 Å². The van der Waals surface area contributed by atoms with Crippen LogP contribution in [-0.2, 0) is 21.3 Å². The summed E-state index contributed by atoms with van der Waals surface area (Å²) in [7, 11) is -1.41. The lowest BCUT2D eigenvalue weighted by atomic mass is 9.77. The van der Waals surface area contributed by atoms with Crippen molar-refractivity contribution in [2.24, 2.45) is 5.41 Å². The topological polar surface area (TPSA) is 75.6 Å². The Morgan fingerprint density at radius 1 is 1.21 bits per heavy atom. The van der Waals surface area contributed by atoms with Crippen LogP contribution >= 0.6 is 0 Å². The molecule has 7 nitrogen and oxygen atoms in total. The fraction of sp³-hybridized carbons (Fsp3) is 0.524. The van der Waals surface area contributed by atoms with Crippen molar-refractivity contribution in [2.45, 2.75) is 36.9 Å². The average Bonchev–Trinajstić information content (AvgIpc) is 3.11. The third-order valence-electron chi connectivity index (χ3n) is 6.00. The molecule has 4 heterocycles. The first-order chi connectivity index (χ1) is 14.0. The lowest BCUT2D eigenvalue weighted by Crippen LogP contribution is -2.43. The van der Waals surface area contributed by atoms with Gasteiger partial charge in [-0.05, 0) is 55.5 Å². The van der Waals surface area contributed by atoms with E-state index in [0.717, 1.165) is 39.0 Å². The van der Waals surface area contributed by atoms with Crippen molar-refractivity contribution in [2.75, 3.05) is 33.3 Å². The zero-order valence-corrected chi connectivity index (χ0v) is 17.6. The minimum atomic E-state index is -3.51. The molecule has 4 rings (SSSR count). The molecule has 0 aliphatic carbocycles. The van der Waals surface area contributed by atoms with Gasteiger partial charge in [0.2, 0.25) is 0 Å². The standard InChI is InChI=1S/C21H28N4O3S/c1-24(15-18-5-4-9-22-14-18)16-19-13-21(17-28-19)7-11-25(12-8-21)29(26,27)20-6-2-3-10-23-20/h2-6,9-10,14,19H,7-8,11-13,15-17H2,1H3. The highest BCUT2D eigenvalue weighted by Crippen LogP contribution is 2.43. The molecule has 2 aromatic heterocycles. The Kier molecular flexibility index (Phi) is 5.96. The van der Waals surface area contributed by atoms with Gasteiger partial charge in [0.1, 0.15) is 0 Å². The highest BCUT2D eigenvalue weighted by Gasteiger charge is 2.44. The smallest absolute Gasteiger partial charge is 0.260 e. The van der Waals surface area contributed by atoms with Crippen LogP contribution in [-0.4, -0.2) is 67.0 Å². The normalized spacial score (nSPS) is 22.3.